The van der Waals surface area contributed by atoms with Gasteiger partial charge in [-0.2, -0.15) is 0 Å². The maximum absolute atomic E-state index is 3.45. The lowest BCUT2D eigenvalue weighted by molar-refractivity contribution is 0.755. The molecule has 0 aliphatic rings. The van der Waals surface area contributed by atoms with Crippen LogP contribution in [0.15, 0.2) is 18.2 Å². The molecule has 1 aromatic carbocycles. The van der Waals surface area contributed by atoms with Crippen LogP contribution in [0, 0.1) is 0 Å². The molecule has 3 heteroatoms. The van der Waals surface area contributed by atoms with Crippen molar-refractivity contribution in [1.82, 2.24) is 0 Å². The number of hydrogen-bond donors (Lipinski definition) is 2. The Bertz CT molecular complexity index is 358. The standard InChI is InChI=1S/C14H25N3/c1-10(2)16-13-7-12(15-5)8-14(9-13)17(6)11(3)4/h7-11,15-16H,1-6H3. The molecule has 0 heterocycles. The zero-order valence-electron chi connectivity index (χ0n) is 11.8. The van der Waals surface area contributed by atoms with E-state index in [2.05, 4.69) is 68.5 Å². The first-order valence-electron chi connectivity index (χ1n) is 6.26. The molecule has 0 aliphatic heterocycles. The van der Waals surface area contributed by atoms with Gasteiger partial charge in [-0.25, -0.2) is 0 Å². The Labute approximate surface area is 105 Å². The summed E-state index contributed by atoms with van der Waals surface area (Å²) in [4.78, 5) is 2.27. The Morgan fingerprint density at radius 1 is 1.00 bits per heavy atom. The minimum Gasteiger partial charge on any atom is -0.388 e. The van der Waals surface area contributed by atoms with Gasteiger partial charge in [-0.1, -0.05) is 0 Å². The summed E-state index contributed by atoms with van der Waals surface area (Å²) >= 11 is 0. The molecule has 0 saturated carbocycles. The third-order valence-corrected chi connectivity index (χ3v) is 2.84. The van der Waals surface area contributed by atoms with Crippen LogP contribution in [-0.2, 0) is 0 Å². The van der Waals surface area contributed by atoms with Crippen molar-refractivity contribution in [3.8, 4) is 0 Å². The van der Waals surface area contributed by atoms with E-state index in [1.807, 2.05) is 7.05 Å². The monoisotopic (exact) mass is 235 g/mol. The van der Waals surface area contributed by atoms with Crippen LogP contribution in [0.1, 0.15) is 27.7 Å². The molecule has 0 fully saturated rings. The number of nitrogens with one attached hydrogen (secondary N) is 2. The van der Waals surface area contributed by atoms with Crippen LogP contribution in [0.2, 0.25) is 0 Å². The molecule has 0 aromatic heterocycles. The molecular weight excluding hydrogens is 210 g/mol. The quantitative estimate of drug-likeness (QED) is 0.819. The zero-order chi connectivity index (χ0) is 13.0. The number of anilines is 3. The van der Waals surface area contributed by atoms with Crippen molar-refractivity contribution in [2.24, 2.45) is 0 Å². The molecule has 1 rings (SSSR count). The van der Waals surface area contributed by atoms with Gasteiger partial charge in [0.2, 0.25) is 0 Å². The van der Waals surface area contributed by atoms with E-state index in [1.54, 1.807) is 0 Å². The van der Waals surface area contributed by atoms with Gasteiger partial charge in [0, 0.05) is 43.2 Å². The van der Waals surface area contributed by atoms with Crippen LogP contribution in [0.4, 0.5) is 17.1 Å². The molecule has 0 atom stereocenters. The van der Waals surface area contributed by atoms with Crippen molar-refractivity contribution in [2.75, 3.05) is 29.6 Å². The summed E-state index contributed by atoms with van der Waals surface area (Å²) in [5, 5.41) is 6.66. The van der Waals surface area contributed by atoms with Crippen molar-refractivity contribution in [1.29, 1.82) is 0 Å². The van der Waals surface area contributed by atoms with Gasteiger partial charge in [0.1, 0.15) is 0 Å². The van der Waals surface area contributed by atoms with Crippen LogP contribution in [0.25, 0.3) is 0 Å². The third kappa shape index (κ3) is 3.84. The summed E-state index contributed by atoms with van der Waals surface area (Å²) in [5.41, 5.74) is 3.53. The second-order valence-corrected chi connectivity index (χ2v) is 5.02. The van der Waals surface area contributed by atoms with Crippen LogP contribution >= 0.6 is 0 Å². The highest BCUT2D eigenvalue weighted by atomic mass is 15.1. The van der Waals surface area contributed by atoms with Gasteiger partial charge in [0.05, 0.1) is 0 Å². The highest BCUT2D eigenvalue weighted by Gasteiger charge is 2.08. The normalized spacial score (nSPS) is 10.8. The van der Waals surface area contributed by atoms with Crippen LogP contribution in [0.5, 0.6) is 0 Å². The fourth-order valence-electron chi connectivity index (χ4n) is 1.67. The van der Waals surface area contributed by atoms with E-state index in [0.29, 0.717) is 12.1 Å². The molecule has 0 radical (unpaired) electrons. The molecule has 0 saturated heterocycles. The van der Waals surface area contributed by atoms with E-state index < -0.39 is 0 Å². The summed E-state index contributed by atoms with van der Waals surface area (Å²) in [6.07, 6.45) is 0. The van der Waals surface area contributed by atoms with Crippen LogP contribution < -0.4 is 15.5 Å². The van der Waals surface area contributed by atoms with Gasteiger partial charge in [0.25, 0.3) is 0 Å². The van der Waals surface area contributed by atoms with Gasteiger partial charge in [0.15, 0.2) is 0 Å². The second kappa shape index (κ2) is 5.80. The number of rotatable bonds is 5. The highest BCUT2D eigenvalue weighted by molar-refractivity contribution is 5.68. The molecule has 17 heavy (non-hydrogen) atoms. The van der Waals surface area contributed by atoms with Crippen LogP contribution in [-0.4, -0.2) is 26.2 Å². The average molecular weight is 235 g/mol. The SMILES string of the molecule is CNc1cc(NC(C)C)cc(N(C)C(C)C)c1. The highest BCUT2D eigenvalue weighted by Crippen LogP contribution is 2.26. The first kappa shape index (κ1) is 13.7. The van der Waals surface area contributed by atoms with Gasteiger partial charge < -0.3 is 15.5 Å². The molecule has 0 amide bonds. The second-order valence-electron chi connectivity index (χ2n) is 5.02. The Morgan fingerprint density at radius 3 is 2.06 bits per heavy atom. The van der Waals surface area contributed by atoms with E-state index in [1.165, 1.54) is 5.69 Å². The van der Waals surface area contributed by atoms with E-state index in [4.69, 9.17) is 0 Å². The van der Waals surface area contributed by atoms with Crippen molar-refractivity contribution >= 4 is 17.1 Å². The fraction of sp³-hybridized carbons (Fsp3) is 0.571. The lowest BCUT2D eigenvalue weighted by Crippen LogP contribution is -2.25. The van der Waals surface area contributed by atoms with Gasteiger partial charge in [-0.05, 0) is 45.9 Å². The van der Waals surface area contributed by atoms with Crippen molar-refractivity contribution in [3.63, 3.8) is 0 Å². The first-order chi connectivity index (χ1) is 7.93. The number of hydrogen-bond acceptors (Lipinski definition) is 3. The zero-order valence-corrected chi connectivity index (χ0v) is 11.8. The number of benzene rings is 1. The molecule has 1 aromatic rings. The van der Waals surface area contributed by atoms with Crippen molar-refractivity contribution in [3.05, 3.63) is 18.2 Å². The minimum atomic E-state index is 0.444. The molecule has 96 valence electrons. The lowest BCUT2D eigenvalue weighted by Gasteiger charge is -2.25. The van der Waals surface area contributed by atoms with Gasteiger partial charge >= 0.3 is 0 Å². The minimum absolute atomic E-state index is 0.444. The average Bonchev–Trinajstić information content (AvgIpc) is 2.26. The first-order valence-corrected chi connectivity index (χ1v) is 6.26. The summed E-state index contributed by atoms with van der Waals surface area (Å²) in [6.45, 7) is 8.69. The fourth-order valence-corrected chi connectivity index (χ4v) is 1.67. The predicted molar refractivity (Wildman–Crippen MR) is 78.3 cm³/mol. The Hall–Kier alpha value is -1.38. The van der Waals surface area contributed by atoms with Crippen molar-refractivity contribution < 1.29 is 0 Å². The molecule has 0 spiro atoms. The summed E-state index contributed by atoms with van der Waals surface area (Å²) in [5.74, 6) is 0. The summed E-state index contributed by atoms with van der Waals surface area (Å²) in [7, 11) is 4.08. The molecule has 0 aliphatic carbocycles. The Balaban J connectivity index is 3.04. The van der Waals surface area contributed by atoms with Crippen LogP contribution in [0.3, 0.4) is 0 Å². The summed E-state index contributed by atoms with van der Waals surface area (Å²) < 4.78 is 0. The topological polar surface area (TPSA) is 27.3 Å². The van der Waals surface area contributed by atoms with E-state index in [-0.39, 0.29) is 0 Å². The molecule has 0 unspecified atom stereocenters. The smallest absolute Gasteiger partial charge is 0.0407 e. The maximum atomic E-state index is 3.45. The number of nitrogens with zero attached hydrogens (tertiary/aromatic N) is 1. The van der Waals surface area contributed by atoms with Crippen molar-refractivity contribution in [2.45, 2.75) is 39.8 Å². The summed E-state index contributed by atoms with van der Waals surface area (Å²) in [6, 6.07) is 7.44. The van der Waals surface area contributed by atoms with E-state index in [9.17, 15) is 0 Å². The van der Waals surface area contributed by atoms with E-state index >= 15 is 0 Å². The van der Waals surface area contributed by atoms with Gasteiger partial charge in [-0.3, -0.25) is 0 Å². The third-order valence-electron chi connectivity index (χ3n) is 2.84. The Kier molecular flexibility index (Phi) is 4.67. The van der Waals surface area contributed by atoms with E-state index in [0.717, 1.165) is 11.4 Å². The molecule has 2 N–H and O–H groups in total. The maximum Gasteiger partial charge on any atom is 0.0407 e. The molecule has 0 bridgehead atoms. The Morgan fingerprint density at radius 2 is 1.59 bits per heavy atom. The van der Waals surface area contributed by atoms with Gasteiger partial charge in [-0.15, -0.1) is 0 Å². The lowest BCUT2D eigenvalue weighted by atomic mass is 10.2. The molecular formula is C14H25N3. The largest absolute Gasteiger partial charge is 0.388 e. The predicted octanol–water partition coefficient (Wildman–Crippen LogP) is 3.39. The molecule has 3 nitrogen and oxygen atoms in total.